The van der Waals surface area contributed by atoms with Crippen molar-refractivity contribution in [3.05, 3.63) is 0 Å². The number of amides is 2. The van der Waals surface area contributed by atoms with Crippen LogP contribution in [-0.2, 0) is 9.59 Å². The fraction of sp³-hybridized carbons (Fsp3) is 0.769. The van der Waals surface area contributed by atoms with E-state index in [1.807, 2.05) is 4.90 Å². The van der Waals surface area contributed by atoms with Gasteiger partial charge in [0.25, 0.3) is 5.91 Å². The summed E-state index contributed by atoms with van der Waals surface area (Å²) in [6, 6.07) is 0. The highest BCUT2D eigenvalue weighted by molar-refractivity contribution is 6.39. The molecule has 1 saturated heterocycles. The van der Waals surface area contributed by atoms with E-state index in [0.717, 1.165) is 26.2 Å². The summed E-state index contributed by atoms with van der Waals surface area (Å²) < 4.78 is 0. The molecule has 6 nitrogen and oxygen atoms in total. The van der Waals surface area contributed by atoms with E-state index >= 15 is 0 Å². The van der Waals surface area contributed by atoms with Gasteiger partial charge in [0, 0.05) is 44.6 Å². The van der Waals surface area contributed by atoms with E-state index < -0.39 is 0 Å². The van der Waals surface area contributed by atoms with Gasteiger partial charge in [-0.1, -0.05) is 0 Å². The molecule has 2 amide bonds. The maximum absolute atomic E-state index is 12.2. The minimum absolute atomic E-state index is 0.0337. The maximum atomic E-state index is 12.2. The van der Waals surface area contributed by atoms with Crippen LogP contribution in [0.2, 0.25) is 0 Å². The average molecular weight is 266 g/mol. The van der Waals surface area contributed by atoms with Crippen LogP contribution in [0.3, 0.4) is 0 Å². The summed E-state index contributed by atoms with van der Waals surface area (Å²) in [5, 5.41) is 3.87. The van der Waals surface area contributed by atoms with E-state index in [4.69, 9.17) is 0 Å². The second-order valence-corrected chi connectivity index (χ2v) is 6.04. The zero-order valence-corrected chi connectivity index (χ0v) is 11.9. The molecule has 19 heavy (non-hydrogen) atoms. The van der Waals surface area contributed by atoms with Crippen LogP contribution < -0.4 is 5.43 Å². The minimum atomic E-state index is -0.117. The predicted molar refractivity (Wildman–Crippen MR) is 72.7 cm³/mol. The number of hydrogen-bond acceptors (Lipinski definition) is 4. The molecule has 1 fully saturated rings. The topological polar surface area (TPSA) is 65.0 Å². The third-order valence-electron chi connectivity index (χ3n) is 3.67. The average Bonchev–Trinajstić information content (AvgIpc) is 2.38. The maximum Gasteiger partial charge on any atom is 0.270 e. The number of piperazine rings is 1. The summed E-state index contributed by atoms with van der Waals surface area (Å²) in [6.45, 7) is 9.78. The summed E-state index contributed by atoms with van der Waals surface area (Å²) >= 11 is 0. The van der Waals surface area contributed by atoms with Crippen LogP contribution in [0.1, 0.15) is 33.6 Å². The molecule has 2 aliphatic heterocycles. The van der Waals surface area contributed by atoms with Gasteiger partial charge in [0.1, 0.15) is 5.71 Å². The van der Waals surface area contributed by atoms with E-state index in [9.17, 15) is 9.59 Å². The van der Waals surface area contributed by atoms with Gasteiger partial charge in [-0.15, -0.1) is 0 Å². The summed E-state index contributed by atoms with van der Waals surface area (Å²) in [5.74, 6) is -0.150. The quantitative estimate of drug-likeness (QED) is 0.737. The molecule has 0 saturated carbocycles. The van der Waals surface area contributed by atoms with Crippen molar-refractivity contribution in [1.29, 1.82) is 0 Å². The Kier molecular flexibility index (Phi) is 3.89. The minimum Gasteiger partial charge on any atom is -0.335 e. The van der Waals surface area contributed by atoms with Gasteiger partial charge in [0.05, 0.1) is 0 Å². The Morgan fingerprint density at radius 1 is 1.16 bits per heavy atom. The SMILES string of the molecule is CC(C)(C)N1CCN(C(=O)C2=NNC(=O)CC2)CC1. The van der Waals surface area contributed by atoms with Crippen LogP contribution in [0.4, 0.5) is 0 Å². The molecular weight excluding hydrogens is 244 g/mol. The summed E-state index contributed by atoms with van der Waals surface area (Å²) in [7, 11) is 0. The molecule has 0 aromatic rings. The van der Waals surface area contributed by atoms with Crippen molar-refractivity contribution >= 4 is 17.5 Å². The Bertz CT molecular complexity index is 403. The number of rotatable bonds is 1. The lowest BCUT2D eigenvalue weighted by molar-refractivity contribution is -0.127. The first-order chi connectivity index (χ1) is 8.88. The zero-order chi connectivity index (χ0) is 14.0. The largest absolute Gasteiger partial charge is 0.335 e. The molecular formula is C13H22N4O2. The van der Waals surface area contributed by atoms with Crippen molar-refractivity contribution in [3.8, 4) is 0 Å². The van der Waals surface area contributed by atoms with E-state index in [0.29, 0.717) is 18.6 Å². The van der Waals surface area contributed by atoms with Gasteiger partial charge >= 0.3 is 0 Å². The summed E-state index contributed by atoms with van der Waals surface area (Å²) in [5.41, 5.74) is 3.00. The van der Waals surface area contributed by atoms with Gasteiger partial charge in [-0.05, 0) is 20.8 Å². The molecule has 2 rings (SSSR count). The van der Waals surface area contributed by atoms with Crippen molar-refractivity contribution in [2.24, 2.45) is 5.10 Å². The van der Waals surface area contributed by atoms with Gasteiger partial charge in [-0.25, -0.2) is 5.43 Å². The molecule has 0 aliphatic carbocycles. The molecule has 0 aromatic carbocycles. The normalized spacial score (nSPS) is 21.9. The number of nitrogens with one attached hydrogen (secondary N) is 1. The van der Waals surface area contributed by atoms with Crippen LogP contribution in [0.15, 0.2) is 5.10 Å². The molecule has 6 heteroatoms. The number of nitrogens with zero attached hydrogens (tertiary/aromatic N) is 3. The Morgan fingerprint density at radius 3 is 2.26 bits per heavy atom. The van der Waals surface area contributed by atoms with Crippen molar-refractivity contribution in [2.75, 3.05) is 26.2 Å². The van der Waals surface area contributed by atoms with Gasteiger partial charge in [-0.2, -0.15) is 5.10 Å². The first kappa shape index (κ1) is 14.0. The highest BCUT2D eigenvalue weighted by Gasteiger charge is 2.30. The zero-order valence-electron chi connectivity index (χ0n) is 11.9. The van der Waals surface area contributed by atoms with E-state index in [2.05, 4.69) is 36.2 Å². The van der Waals surface area contributed by atoms with Crippen LogP contribution >= 0.6 is 0 Å². The van der Waals surface area contributed by atoms with E-state index in [1.54, 1.807) is 0 Å². The second kappa shape index (κ2) is 5.28. The summed E-state index contributed by atoms with van der Waals surface area (Å²) in [6.07, 6.45) is 0.802. The van der Waals surface area contributed by atoms with Crippen LogP contribution in [0.25, 0.3) is 0 Å². The van der Waals surface area contributed by atoms with Gasteiger partial charge in [0.15, 0.2) is 0 Å². The van der Waals surface area contributed by atoms with Crippen LogP contribution in [0.5, 0.6) is 0 Å². The molecule has 1 N–H and O–H groups in total. The molecule has 2 aliphatic rings. The number of carbonyl (C=O) groups excluding carboxylic acids is 2. The lowest BCUT2D eigenvalue weighted by atomic mass is 10.0. The molecule has 2 heterocycles. The van der Waals surface area contributed by atoms with E-state index in [-0.39, 0.29) is 17.4 Å². The van der Waals surface area contributed by atoms with Gasteiger partial charge < -0.3 is 4.90 Å². The fourth-order valence-corrected chi connectivity index (χ4v) is 2.39. The van der Waals surface area contributed by atoms with E-state index in [1.165, 1.54) is 0 Å². The standard InChI is InChI=1S/C13H22N4O2/c1-13(2,3)17-8-6-16(7-9-17)12(19)10-4-5-11(18)15-14-10/h4-9H2,1-3H3,(H,15,18). The second-order valence-electron chi connectivity index (χ2n) is 6.04. The summed E-state index contributed by atoms with van der Waals surface area (Å²) in [4.78, 5) is 27.5. The number of hydrogen-bond donors (Lipinski definition) is 1. The Balaban J connectivity index is 1.91. The highest BCUT2D eigenvalue weighted by atomic mass is 16.2. The van der Waals surface area contributed by atoms with Crippen molar-refractivity contribution in [3.63, 3.8) is 0 Å². The van der Waals surface area contributed by atoms with Crippen LogP contribution in [-0.4, -0.2) is 59.0 Å². The molecule has 0 bridgehead atoms. The molecule has 0 atom stereocenters. The molecule has 106 valence electrons. The van der Waals surface area contributed by atoms with Gasteiger partial charge in [0.2, 0.25) is 5.91 Å². The van der Waals surface area contributed by atoms with Crippen molar-refractivity contribution in [2.45, 2.75) is 39.2 Å². The van der Waals surface area contributed by atoms with Crippen molar-refractivity contribution in [1.82, 2.24) is 15.2 Å². The Hall–Kier alpha value is -1.43. The molecule has 0 unspecified atom stereocenters. The molecule has 0 radical (unpaired) electrons. The third kappa shape index (κ3) is 3.32. The molecule has 0 aromatic heterocycles. The first-order valence-corrected chi connectivity index (χ1v) is 6.77. The first-order valence-electron chi connectivity index (χ1n) is 6.77. The Labute approximate surface area is 113 Å². The fourth-order valence-electron chi connectivity index (χ4n) is 2.39. The smallest absolute Gasteiger partial charge is 0.270 e. The number of carbonyl (C=O) groups is 2. The highest BCUT2D eigenvalue weighted by Crippen LogP contribution is 2.16. The Morgan fingerprint density at radius 2 is 1.79 bits per heavy atom. The monoisotopic (exact) mass is 266 g/mol. The third-order valence-corrected chi connectivity index (χ3v) is 3.67. The van der Waals surface area contributed by atoms with Crippen LogP contribution in [0, 0.1) is 0 Å². The lowest BCUT2D eigenvalue weighted by Crippen LogP contribution is -2.56. The van der Waals surface area contributed by atoms with Crippen molar-refractivity contribution < 1.29 is 9.59 Å². The number of hydrazone groups is 1. The van der Waals surface area contributed by atoms with Gasteiger partial charge in [-0.3, -0.25) is 14.5 Å². The lowest BCUT2D eigenvalue weighted by Gasteiger charge is -2.42. The molecule has 0 spiro atoms. The predicted octanol–water partition coefficient (Wildman–Crippen LogP) is 0.195.